The van der Waals surface area contributed by atoms with Gasteiger partial charge < -0.3 is 0 Å². The van der Waals surface area contributed by atoms with Crippen LogP contribution in [0.1, 0.15) is 31.4 Å². The zero-order valence-corrected chi connectivity index (χ0v) is 9.19. The molecule has 0 unspecified atom stereocenters. The van der Waals surface area contributed by atoms with Gasteiger partial charge >= 0.3 is 0 Å². The van der Waals surface area contributed by atoms with Crippen molar-refractivity contribution in [2.75, 3.05) is 0 Å². The lowest BCUT2D eigenvalue weighted by atomic mass is 10.0. The van der Waals surface area contributed by atoms with Gasteiger partial charge in [0, 0.05) is 25.3 Å². The molecule has 1 nitrogen and oxygen atoms in total. The molecule has 1 aromatic carbocycles. The summed E-state index contributed by atoms with van der Waals surface area (Å²) < 4.78 is 39.2. The van der Waals surface area contributed by atoms with Crippen LogP contribution in [-0.2, 0) is 17.1 Å². The fourth-order valence-corrected chi connectivity index (χ4v) is 1.32. The quantitative estimate of drug-likeness (QED) is 0.774. The van der Waals surface area contributed by atoms with E-state index in [9.17, 15) is 18.0 Å². The molecule has 0 atom stereocenters. The maximum Gasteiger partial charge on any atom is 0.270 e. The van der Waals surface area contributed by atoms with Crippen LogP contribution in [0.2, 0.25) is 0 Å². The average Bonchev–Trinajstić information content (AvgIpc) is 2.19. The Labute approximate surface area is 92.3 Å². The molecular formula is C12H13F3O. The summed E-state index contributed by atoms with van der Waals surface area (Å²) in [6, 6.07) is 3.07. The molecule has 0 fully saturated rings. The number of halogens is 3. The van der Waals surface area contributed by atoms with Crippen molar-refractivity contribution < 1.29 is 18.0 Å². The van der Waals surface area contributed by atoms with E-state index in [1.165, 1.54) is 0 Å². The molecule has 0 bridgehead atoms. The van der Waals surface area contributed by atoms with Gasteiger partial charge in [0.05, 0.1) is 0 Å². The first kappa shape index (κ1) is 12.7. The predicted molar refractivity (Wildman–Crippen MR) is 55.0 cm³/mol. The smallest absolute Gasteiger partial charge is 0.270 e. The number of alkyl halides is 2. The predicted octanol–water partition coefficient (Wildman–Crippen LogP) is 3.46. The highest BCUT2D eigenvalue weighted by molar-refractivity contribution is 5.80. The second kappa shape index (κ2) is 4.68. The molecule has 0 spiro atoms. The van der Waals surface area contributed by atoms with Crippen LogP contribution in [0, 0.1) is 5.82 Å². The fourth-order valence-electron chi connectivity index (χ4n) is 1.32. The zero-order valence-electron chi connectivity index (χ0n) is 9.19. The van der Waals surface area contributed by atoms with Gasteiger partial charge in [0.1, 0.15) is 11.6 Å². The monoisotopic (exact) mass is 230 g/mol. The number of benzene rings is 1. The minimum atomic E-state index is -3.02. The van der Waals surface area contributed by atoms with Crippen molar-refractivity contribution in [3.8, 4) is 0 Å². The van der Waals surface area contributed by atoms with Crippen LogP contribution in [-0.4, -0.2) is 5.78 Å². The number of hydrogen-bond donors (Lipinski definition) is 0. The summed E-state index contributed by atoms with van der Waals surface area (Å²) in [4.78, 5) is 11.1. The lowest BCUT2D eigenvalue weighted by Crippen LogP contribution is -2.10. The van der Waals surface area contributed by atoms with Crippen LogP contribution in [0.4, 0.5) is 13.2 Å². The summed E-state index contributed by atoms with van der Waals surface area (Å²) >= 11 is 0. The Hall–Kier alpha value is -1.32. The van der Waals surface area contributed by atoms with E-state index in [2.05, 4.69) is 0 Å². The van der Waals surface area contributed by atoms with Crippen molar-refractivity contribution in [3.63, 3.8) is 0 Å². The van der Waals surface area contributed by atoms with Gasteiger partial charge in [-0.3, -0.25) is 4.79 Å². The summed E-state index contributed by atoms with van der Waals surface area (Å²) in [5.74, 6) is -3.80. The Bertz CT molecular complexity index is 394. The highest BCUT2D eigenvalue weighted by atomic mass is 19.3. The highest BCUT2D eigenvalue weighted by Crippen LogP contribution is 2.28. The molecule has 0 N–H and O–H groups in total. The normalized spacial score (nSPS) is 11.6. The molecule has 0 aliphatic heterocycles. The van der Waals surface area contributed by atoms with Gasteiger partial charge in [-0.2, -0.15) is 0 Å². The average molecular weight is 230 g/mol. The van der Waals surface area contributed by atoms with Gasteiger partial charge in [-0.15, -0.1) is 0 Å². The maximum atomic E-state index is 13.3. The molecule has 1 aromatic rings. The van der Waals surface area contributed by atoms with Gasteiger partial charge in [0.2, 0.25) is 0 Å². The molecule has 88 valence electrons. The molecule has 16 heavy (non-hydrogen) atoms. The SMILES string of the molecule is CCC(=O)Cc1cc(C(C)(F)F)ccc1F. The van der Waals surface area contributed by atoms with Crippen molar-refractivity contribution in [1.82, 2.24) is 0 Å². The molecule has 0 radical (unpaired) electrons. The summed E-state index contributed by atoms with van der Waals surface area (Å²) in [6.45, 7) is 2.39. The summed E-state index contributed by atoms with van der Waals surface area (Å²) in [5, 5.41) is 0. The molecule has 0 amide bonds. The minimum Gasteiger partial charge on any atom is -0.299 e. The van der Waals surface area contributed by atoms with Crippen LogP contribution in [0.25, 0.3) is 0 Å². The van der Waals surface area contributed by atoms with E-state index in [-0.39, 0.29) is 29.8 Å². The second-order valence-corrected chi connectivity index (χ2v) is 3.76. The van der Waals surface area contributed by atoms with Crippen LogP contribution in [0.15, 0.2) is 18.2 Å². The van der Waals surface area contributed by atoms with Crippen molar-refractivity contribution in [2.45, 2.75) is 32.6 Å². The minimum absolute atomic E-state index is 0.0332. The number of carbonyl (C=O) groups excluding carboxylic acids is 1. The molecule has 0 saturated carbocycles. The van der Waals surface area contributed by atoms with Gasteiger partial charge in [-0.1, -0.05) is 13.0 Å². The first-order valence-electron chi connectivity index (χ1n) is 5.03. The Kier molecular flexibility index (Phi) is 3.73. The molecule has 4 heteroatoms. The second-order valence-electron chi connectivity index (χ2n) is 3.76. The van der Waals surface area contributed by atoms with Crippen molar-refractivity contribution in [2.24, 2.45) is 0 Å². The standard InChI is InChI=1S/C12H13F3O/c1-3-10(16)7-8-6-9(12(2,14)15)4-5-11(8)13/h4-6H,3,7H2,1-2H3. The first-order valence-corrected chi connectivity index (χ1v) is 5.03. The third kappa shape index (κ3) is 3.08. The number of rotatable bonds is 4. The van der Waals surface area contributed by atoms with Gasteiger partial charge in [0.15, 0.2) is 0 Å². The van der Waals surface area contributed by atoms with E-state index in [0.29, 0.717) is 0 Å². The van der Waals surface area contributed by atoms with Crippen molar-refractivity contribution in [1.29, 1.82) is 0 Å². The molecule has 0 aromatic heterocycles. The third-order valence-electron chi connectivity index (χ3n) is 2.33. The maximum absolute atomic E-state index is 13.3. The summed E-state index contributed by atoms with van der Waals surface area (Å²) in [6.07, 6.45) is 0.137. The lowest BCUT2D eigenvalue weighted by Gasteiger charge is -2.12. The molecule has 0 saturated heterocycles. The van der Waals surface area contributed by atoms with E-state index < -0.39 is 11.7 Å². The van der Waals surface area contributed by atoms with Crippen LogP contribution in [0.5, 0.6) is 0 Å². The molecular weight excluding hydrogens is 217 g/mol. The largest absolute Gasteiger partial charge is 0.299 e. The van der Waals surface area contributed by atoms with E-state index in [4.69, 9.17) is 0 Å². The van der Waals surface area contributed by atoms with Gasteiger partial charge in [-0.05, 0) is 17.7 Å². The Morgan fingerprint density at radius 2 is 2.00 bits per heavy atom. The van der Waals surface area contributed by atoms with E-state index in [1.54, 1.807) is 6.92 Å². The van der Waals surface area contributed by atoms with Crippen LogP contribution >= 0.6 is 0 Å². The third-order valence-corrected chi connectivity index (χ3v) is 2.33. The number of ketones is 1. The van der Waals surface area contributed by atoms with E-state index in [1.807, 2.05) is 0 Å². The van der Waals surface area contributed by atoms with Crippen molar-refractivity contribution >= 4 is 5.78 Å². The van der Waals surface area contributed by atoms with E-state index >= 15 is 0 Å². The lowest BCUT2D eigenvalue weighted by molar-refractivity contribution is -0.118. The Morgan fingerprint density at radius 3 is 2.50 bits per heavy atom. The van der Waals surface area contributed by atoms with E-state index in [0.717, 1.165) is 25.1 Å². The Morgan fingerprint density at radius 1 is 1.38 bits per heavy atom. The molecule has 1 rings (SSSR count). The summed E-state index contributed by atoms with van der Waals surface area (Å²) in [5.41, 5.74) is -0.237. The first-order chi connectivity index (χ1) is 7.34. The van der Waals surface area contributed by atoms with Crippen molar-refractivity contribution in [3.05, 3.63) is 35.1 Å². The Balaban J connectivity index is 3.04. The number of hydrogen-bond acceptors (Lipinski definition) is 1. The summed E-state index contributed by atoms with van der Waals surface area (Å²) in [7, 11) is 0. The fraction of sp³-hybridized carbons (Fsp3) is 0.417. The van der Waals surface area contributed by atoms with Gasteiger partial charge in [-0.25, -0.2) is 13.2 Å². The molecule has 0 aliphatic carbocycles. The topological polar surface area (TPSA) is 17.1 Å². The van der Waals surface area contributed by atoms with Crippen LogP contribution in [0.3, 0.4) is 0 Å². The number of Topliss-reactive ketones (excluding diaryl/α,β-unsaturated/α-hetero) is 1. The molecule has 0 heterocycles. The zero-order chi connectivity index (χ0) is 12.3. The molecule has 0 aliphatic rings. The van der Waals surface area contributed by atoms with Gasteiger partial charge in [0.25, 0.3) is 5.92 Å². The van der Waals surface area contributed by atoms with Crippen LogP contribution < -0.4 is 0 Å². The highest BCUT2D eigenvalue weighted by Gasteiger charge is 2.25. The number of carbonyl (C=O) groups is 1.